The molecule has 19 heavy (non-hydrogen) atoms. The molecule has 1 aliphatic heterocycles. The van der Waals surface area contributed by atoms with Gasteiger partial charge in [-0.15, -0.1) is 0 Å². The first-order valence-electron chi connectivity index (χ1n) is 7.24. The van der Waals surface area contributed by atoms with Crippen molar-refractivity contribution in [1.29, 1.82) is 0 Å². The van der Waals surface area contributed by atoms with Gasteiger partial charge in [0.2, 0.25) is 0 Å². The van der Waals surface area contributed by atoms with Gasteiger partial charge in [-0.25, -0.2) is 0 Å². The fraction of sp³-hybridized carbons (Fsp3) is 0.667. The van der Waals surface area contributed by atoms with Crippen LogP contribution in [0.3, 0.4) is 0 Å². The van der Waals surface area contributed by atoms with E-state index < -0.39 is 0 Å². The van der Waals surface area contributed by atoms with E-state index >= 15 is 0 Å². The minimum absolute atomic E-state index is 0.139. The van der Waals surface area contributed by atoms with Crippen LogP contribution in [0.5, 0.6) is 0 Å². The molecule has 0 radical (unpaired) electrons. The van der Waals surface area contributed by atoms with Gasteiger partial charge < -0.3 is 14.6 Å². The molecule has 1 N–H and O–H groups in total. The fourth-order valence-corrected chi connectivity index (χ4v) is 2.75. The number of H-pyrrole nitrogens is 1. The third-order valence-electron chi connectivity index (χ3n) is 3.90. The van der Waals surface area contributed by atoms with Gasteiger partial charge in [0.05, 0.1) is 0 Å². The summed E-state index contributed by atoms with van der Waals surface area (Å²) in [5.41, 5.74) is 1.84. The predicted octanol–water partition coefficient (Wildman–Crippen LogP) is 2.61. The highest BCUT2D eigenvalue weighted by molar-refractivity contribution is 5.92. The molecule has 1 aromatic rings. The molecule has 106 valence electrons. The first-order valence-corrected chi connectivity index (χ1v) is 7.24. The molecule has 1 amide bonds. The first-order chi connectivity index (χ1) is 9.26. The number of hydrogen-bond acceptors (Lipinski definition) is 2. The molecule has 0 unspecified atom stereocenters. The summed E-state index contributed by atoms with van der Waals surface area (Å²) in [5.74, 6) is 0.139. The van der Waals surface area contributed by atoms with Crippen LogP contribution in [0.15, 0.2) is 12.1 Å². The van der Waals surface area contributed by atoms with Crippen molar-refractivity contribution in [2.75, 3.05) is 20.3 Å². The van der Waals surface area contributed by atoms with Crippen LogP contribution in [0.4, 0.5) is 0 Å². The minimum atomic E-state index is 0.139. The number of amides is 1. The van der Waals surface area contributed by atoms with Gasteiger partial charge in [0.25, 0.3) is 5.91 Å². The second-order valence-corrected chi connectivity index (χ2v) is 5.18. The molecule has 2 rings (SSSR count). The molecule has 0 aliphatic carbocycles. The van der Waals surface area contributed by atoms with Crippen LogP contribution in [-0.2, 0) is 11.2 Å². The van der Waals surface area contributed by atoms with Gasteiger partial charge in [-0.1, -0.05) is 6.92 Å². The summed E-state index contributed by atoms with van der Waals surface area (Å²) in [6.45, 7) is 3.68. The zero-order chi connectivity index (χ0) is 13.7. The van der Waals surface area contributed by atoms with Gasteiger partial charge in [-0.3, -0.25) is 4.79 Å². The Kier molecular flexibility index (Phi) is 5.02. The van der Waals surface area contributed by atoms with E-state index in [0.29, 0.717) is 6.04 Å². The van der Waals surface area contributed by atoms with Crippen LogP contribution in [0.2, 0.25) is 0 Å². The second kappa shape index (κ2) is 6.75. The second-order valence-electron chi connectivity index (χ2n) is 5.18. The quantitative estimate of drug-likeness (QED) is 0.888. The van der Waals surface area contributed by atoms with Crippen LogP contribution < -0.4 is 0 Å². The molecule has 0 bridgehead atoms. The SMILES string of the molecule is CCc1ccc(C(=O)N2CCCC[C@@H]2CCOC)[nH]1. The average molecular weight is 264 g/mol. The summed E-state index contributed by atoms with van der Waals surface area (Å²) in [5, 5.41) is 0. The van der Waals surface area contributed by atoms with Crippen molar-refractivity contribution in [3.63, 3.8) is 0 Å². The van der Waals surface area contributed by atoms with Crippen molar-refractivity contribution in [3.8, 4) is 0 Å². The first kappa shape index (κ1) is 14.1. The van der Waals surface area contributed by atoms with E-state index in [1.807, 2.05) is 17.0 Å². The number of ether oxygens (including phenoxy) is 1. The number of rotatable bonds is 5. The third-order valence-corrected chi connectivity index (χ3v) is 3.90. The topological polar surface area (TPSA) is 45.3 Å². The number of carbonyl (C=O) groups excluding carboxylic acids is 1. The summed E-state index contributed by atoms with van der Waals surface area (Å²) in [7, 11) is 1.72. The van der Waals surface area contributed by atoms with Crippen LogP contribution in [0.1, 0.15) is 48.8 Å². The maximum atomic E-state index is 12.6. The number of nitrogens with zero attached hydrogens (tertiary/aromatic N) is 1. The highest BCUT2D eigenvalue weighted by Gasteiger charge is 2.27. The zero-order valence-corrected chi connectivity index (χ0v) is 11.9. The molecule has 1 fully saturated rings. The lowest BCUT2D eigenvalue weighted by Crippen LogP contribution is -2.44. The molecule has 0 spiro atoms. The van der Waals surface area contributed by atoms with Crippen molar-refractivity contribution in [2.45, 2.75) is 45.1 Å². The van der Waals surface area contributed by atoms with Crippen molar-refractivity contribution in [3.05, 3.63) is 23.5 Å². The molecule has 0 saturated carbocycles. The number of piperidine rings is 1. The van der Waals surface area contributed by atoms with Crippen LogP contribution in [0.25, 0.3) is 0 Å². The Hall–Kier alpha value is -1.29. The molecule has 1 atom stereocenters. The lowest BCUT2D eigenvalue weighted by Gasteiger charge is -2.35. The number of likely N-dealkylation sites (tertiary alicyclic amines) is 1. The maximum Gasteiger partial charge on any atom is 0.270 e. The minimum Gasteiger partial charge on any atom is -0.385 e. The van der Waals surface area contributed by atoms with Crippen molar-refractivity contribution < 1.29 is 9.53 Å². The lowest BCUT2D eigenvalue weighted by atomic mass is 9.99. The average Bonchev–Trinajstić information content (AvgIpc) is 2.93. The molecule has 1 saturated heterocycles. The molecule has 0 aromatic carbocycles. The van der Waals surface area contributed by atoms with E-state index in [0.717, 1.165) is 50.2 Å². The molecule has 2 heterocycles. The Balaban J connectivity index is 2.06. The lowest BCUT2D eigenvalue weighted by molar-refractivity contribution is 0.0548. The molecule has 1 aliphatic rings. The van der Waals surface area contributed by atoms with Gasteiger partial charge >= 0.3 is 0 Å². The molecule has 1 aromatic heterocycles. The largest absolute Gasteiger partial charge is 0.385 e. The third kappa shape index (κ3) is 3.38. The Morgan fingerprint density at radius 2 is 2.32 bits per heavy atom. The number of aryl methyl sites for hydroxylation is 1. The maximum absolute atomic E-state index is 12.6. The number of methoxy groups -OCH3 is 1. The number of nitrogens with one attached hydrogen (secondary N) is 1. The van der Waals surface area contributed by atoms with Gasteiger partial charge in [0, 0.05) is 32.0 Å². The van der Waals surface area contributed by atoms with Crippen LogP contribution in [0, 0.1) is 0 Å². The number of hydrogen-bond donors (Lipinski definition) is 1. The van der Waals surface area contributed by atoms with E-state index in [1.165, 1.54) is 6.42 Å². The van der Waals surface area contributed by atoms with Gasteiger partial charge in [0.15, 0.2) is 0 Å². The Morgan fingerprint density at radius 1 is 1.47 bits per heavy atom. The van der Waals surface area contributed by atoms with Crippen molar-refractivity contribution in [1.82, 2.24) is 9.88 Å². The van der Waals surface area contributed by atoms with Gasteiger partial charge in [-0.05, 0) is 44.2 Å². The van der Waals surface area contributed by atoms with Crippen LogP contribution in [-0.4, -0.2) is 42.1 Å². The highest BCUT2D eigenvalue weighted by Crippen LogP contribution is 2.22. The van der Waals surface area contributed by atoms with Crippen LogP contribution >= 0.6 is 0 Å². The van der Waals surface area contributed by atoms with Crippen molar-refractivity contribution in [2.24, 2.45) is 0 Å². The Labute approximate surface area is 115 Å². The Morgan fingerprint density at radius 3 is 3.00 bits per heavy atom. The fourth-order valence-electron chi connectivity index (χ4n) is 2.75. The van der Waals surface area contributed by atoms with Gasteiger partial charge in [0.1, 0.15) is 5.69 Å². The number of carbonyl (C=O) groups is 1. The summed E-state index contributed by atoms with van der Waals surface area (Å²) in [4.78, 5) is 17.8. The standard InChI is InChI=1S/C15H24N2O2/c1-3-12-7-8-14(16-12)15(18)17-10-5-4-6-13(17)9-11-19-2/h7-8,13,16H,3-6,9-11H2,1-2H3/t13-/m1/s1. The number of aromatic nitrogens is 1. The van der Waals surface area contributed by atoms with E-state index in [1.54, 1.807) is 7.11 Å². The van der Waals surface area contributed by atoms with E-state index in [-0.39, 0.29) is 5.91 Å². The molecule has 4 nitrogen and oxygen atoms in total. The molecule has 4 heteroatoms. The normalized spacial score (nSPS) is 19.7. The monoisotopic (exact) mass is 264 g/mol. The van der Waals surface area contributed by atoms with E-state index in [4.69, 9.17) is 4.74 Å². The summed E-state index contributed by atoms with van der Waals surface area (Å²) < 4.78 is 5.15. The number of aromatic amines is 1. The highest BCUT2D eigenvalue weighted by atomic mass is 16.5. The van der Waals surface area contributed by atoms with Gasteiger partial charge in [-0.2, -0.15) is 0 Å². The summed E-state index contributed by atoms with van der Waals surface area (Å²) in [6.07, 6.45) is 5.28. The van der Waals surface area contributed by atoms with E-state index in [9.17, 15) is 4.79 Å². The predicted molar refractivity (Wildman–Crippen MR) is 75.3 cm³/mol. The Bertz CT molecular complexity index is 414. The summed E-state index contributed by atoms with van der Waals surface area (Å²) >= 11 is 0. The van der Waals surface area contributed by atoms with E-state index in [2.05, 4.69) is 11.9 Å². The summed E-state index contributed by atoms with van der Waals surface area (Å²) in [6, 6.07) is 4.24. The molecular formula is C15H24N2O2. The van der Waals surface area contributed by atoms with Crippen molar-refractivity contribution >= 4 is 5.91 Å². The smallest absolute Gasteiger partial charge is 0.270 e. The zero-order valence-electron chi connectivity index (χ0n) is 11.9. The molecular weight excluding hydrogens is 240 g/mol.